The van der Waals surface area contributed by atoms with Crippen LogP contribution in [-0.4, -0.2) is 15.0 Å². The van der Waals surface area contributed by atoms with Gasteiger partial charge in [-0.1, -0.05) is 13.8 Å². The largest absolute Gasteiger partial charge is 0.304 e. The van der Waals surface area contributed by atoms with E-state index in [-0.39, 0.29) is 11.5 Å². The lowest BCUT2D eigenvalue weighted by Gasteiger charge is -2.08. The van der Waals surface area contributed by atoms with Crippen molar-refractivity contribution in [2.45, 2.75) is 19.8 Å². The minimum absolute atomic E-state index is 0.117. The van der Waals surface area contributed by atoms with E-state index in [1.807, 2.05) is 48.6 Å². The molecule has 0 bridgehead atoms. The molecule has 0 amide bonds. The fourth-order valence-electron chi connectivity index (χ4n) is 1.50. The average molecular weight is 420 g/mol. The molecule has 0 aliphatic heterocycles. The molecule has 0 saturated carbocycles. The quantitative estimate of drug-likeness (QED) is 0.759. The predicted octanol–water partition coefficient (Wildman–Crippen LogP) is 3.32. The first-order chi connectivity index (χ1) is 8.49. The number of nitrogens with zero attached hydrogens (tertiary/aromatic N) is 2. The van der Waals surface area contributed by atoms with Crippen molar-refractivity contribution in [1.29, 1.82) is 0 Å². The number of aromatic nitrogens is 3. The molecular weight excluding hydrogens is 409 g/mol. The second kappa shape index (κ2) is 5.48. The van der Waals surface area contributed by atoms with Crippen LogP contribution in [0.2, 0.25) is 0 Å². The first-order valence-corrected chi connectivity index (χ1v) is 7.28. The maximum absolute atomic E-state index is 11.9. The van der Waals surface area contributed by atoms with Crippen molar-refractivity contribution in [3.05, 3.63) is 42.4 Å². The van der Waals surface area contributed by atoms with Crippen LogP contribution in [0.25, 0.3) is 11.5 Å². The van der Waals surface area contributed by atoms with Gasteiger partial charge in [-0.05, 0) is 56.6 Å². The molecule has 18 heavy (non-hydrogen) atoms. The summed E-state index contributed by atoms with van der Waals surface area (Å²) in [6.45, 7) is 4.03. The topological polar surface area (TPSA) is 58.6 Å². The summed E-state index contributed by atoms with van der Waals surface area (Å²) < 4.78 is 1.53. The minimum Gasteiger partial charge on any atom is -0.304 e. The molecule has 0 saturated heterocycles. The highest BCUT2D eigenvalue weighted by molar-refractivity contribution is 14.1. The average Bonchev–Trinajstić information content (AvgIpc) is 2.33. The smallest absolute Gasteiger partial charge is 0.264 e. The molecule has 0 aliphatic carbocycles. The van der Waals surface area contributed by atoms with Crippen LogP contribution in [-0.2, 0) is 0 Å². The molecule has 0 aromatic carbocycles. The molecule has 0 atom stereocenters. The Kier molecular flexibility index (Phi) is 4.16. The Bertz CT molecular complexity index is 622. The van der Waals surface area contributed by atoms with Gasteiger partial charge in [0, 0.05) is 10.7 Å². The minimum atomic E-state index is -0.117. The molecule has 0 unspecified atom stereocenters. The second-order valence-electron chi connectivity index (χ2n) is 4.13. The number of halogens is 2. The van der Waals surface area contributed by atoms with E-state index in [0.717, 1.165) is 10.2 Å². The Labute approximate surface area is 127 Å². The van der Waals surface area contributed by atoms with Crippen molar-refractivity contribution >= 4 is 38.5 Å². The van der Waals surface area contributed by atoms with Gasteiger partial charge < -0.3 is 4.98 Å². The number of pyridine rings is 1. The maximum Gasteiger partial charge on any atom is 0.264 e. The van der Waals surface area contributed by atoms with E-state index in [2.05, 4.69) is 30.9 Å². The molecule has 94 valence electrons. The zero-order valence-corrected chi connectivity index (χ0v) is 13.6. The van der Waals surface area contributed by atoms with Crippen molar-refractivity contribution in [1.82, 2.24) is 15.0 Å². The van der Waals surface area contributed by atoms with Crippen molar-refractivity contribution in [2.24, 2.45) is 0 Å². The third-order valence-corrected chi connectivity index (χ3v) is 3.92. The Hall–Kier alpha value is -0.760. The third-order valence-electron chi connectivity index (χ3n) is 2.41. The lowest BCUT2D eigenvalue weighted by molar-refractivity contribution is 0.801. The zero-order chi connectivity index (χ0) is 13.3. The molecule has 2 rings (SSSR count). The Morgan fingerprint density at radius 3 is 2.67 bits per heavy atom. The summed E-state index contributed by atoms with van der Waals surface area (Å²) in [6.07, 6.45) is 1.68. The fourth-order valence-corrected chi connectivity index (χ4v) is 2.61. The van der Waals surface area contributed by atoms with E-state index >= 15 is 0 Å². The van der Waals surface area contributed by atoms with E-state index in [4.69, 9.17) is 0 Å². The SMILES string of the molecule is CC(C)c1nc(-c2ccc(Br)cn2)[nH]c(=O)c1I. The van der Waals surface area contributed by atoms with Gasteiger partial charge >= 0.3 is 0 Å². The van der Waals surface area contributed by atoms with E-state index < -0.39 is 0 Å². The maximum atomic E-state index is 11.9. The molecule has 0 spiro atoms. The number of nitrogens with one attached hydrogen (secondary N) is 1. The van der Waals surface area contributed by atoms with Gasteiger partial charge in [-0.15, -0.1) is 0 Å². The van der Waals surface area contributed by atoms with Crippen molar-refractivity contribution in [2.75, 3.05) is 0 Å². The predicted molar refractivity (Wildman–Crippen MR) is 82.6 cm³/mol. The van der Waals surface area contributed by atoms with Gasteiger partial charge in [-0.2, -0.15) is 0 Å². The number of aromatic amines is 1. The van der Waals surface area contributed by atoms with Crippen molar-refractivity contribution in [3.63, 3.8) is 0 Å². The first-order valence-electron chi connectivity index (χ1n) is 5.40. The van der Waals surface area contributed by atoms with E-state index in [1.54, 1.807) is 6.20 Å². The molecule has 1 N–H and O–H groups in total. The lowest BCUT2D eigenvalue weighted by Crippen LogP contribution is -2.17. The van der Waals surface area contributed by atoms with Gasteiger partial charge in [-0.3, -0.25) is 9.78 Å². The molecule has 2 aromatic heterocycles. The van der Waals surface area contributed by atoms with Gasteiger partial charge in [0.1, 0.15) is 5.69 Å². The highest BCUT2D eigenvalue weighted by Gasteiger charge is 2.13. The number of rotatable bonds is 2. The normalized spacial score (nSPS) is 10.9. The summed E-state index contributed by atoms with van der Waals surface area (Å²) in [4.78, 5) is 23.3. The number of H-pyrrole nitrogens is 1. The van der Waals surface area contributed by atoms with E-state index in [0.29, 0.717) is 15.1 Å². The van der Waals surface area contributed by atoms with Gasteiger partial charge in [0.05, 0.1) is 9.26 Å². The molecule has 4 nitrogen and oxygen atoms in total. The van der Waals surface area contributed by atoms with E-state index in [1.165, 1.54) is 0 Å². The highest BCUT2D eigenvalue weighted by atomic mass is 127. The van der Waals surface area contributed by atoms with Crippen molar-refractivity contribution in [3.8, 4) is 11.5 Å². The van der Waals surface area contributed by atoms with Crippen LogP contribution < -0.4 is 5.56 Å². The molecule has 0 aliphatic rings. The molecule has 2 aromatic rings. The summed E-state index contributed by atoms with van der Waals surface area (Å²) in [5.74, 6) is 0.713. The third kappa shape index (κ3) is 2.80. The fraction of sp³-hybridized carbons (Fsp3) is 0.250. The summed E-state index contributed by atoms with van der Waals surface area (Å²) in [7, 11) is 0. The van der Waals surface area contributed by atoms with E-state index in [9.17, 15) is 4.79 Å². The van der Waals surface area contributed by atoms with Crippen LogP contribution in [0.4, 0.5) is 0 Å². The number of hydrogen-bond donors (Lipinski definition) is 1. The first kappa shape index (κ1) is 13.7. The Morgan fingerprint density at radius 2 is 2.11 bits per heavy atom. The van der Waals surface area contributed by atoms with Gasteiger partial charge in [-0.25, -0.2) is 4.98 Å². The summed E-state index contributed by atoms with van der Waals surface area (Å²) >= 11 is 5.35. The molecular formula is C12H11BrIN3O. The highest BCUT2D eigenvalue weighted by Crippen LogP contribution is 2.20. The zero-order valence-electron chi connectivity index (χ0n) is 9.87. The summed E-state index contributed by atoms with van der Waals surface area (Å²) in [5, 5.41) is 0. The van der Waals surface area contributed by atoms with Crippen LogP contribution in [0.5, 0.6) is 0 Å². The second-order valence-corrected chi connectivity index (χ2v) is 6.12. The van der Waals surface area contributed by atoms with Crippen LogP contribution in [0.3, 0.4) is 0 Å². The van der Waals surface area contributed by atoms with Crippen molar-refractivity contribution < 1.29 is 0 Å². The van der Waals surface area contributed by atoms with Gasteiger partial charge in [0.25, 0.3) is 5.56 Å². The Morgan fingerprint density at radius 1 is 1.39 bits per heavy atom. The Balaban J connectivity index is 2.59. The van der Waals surface area contributed by atoms with Crippen LogP contribution >= 0.6 is 38.5 Å². The number of hydrogen-bond acceptors (Lipinski definition) is 3. The monoisotopic (exact) mass is 419 g/mol. The molecule has 2 heterocycles. The molecule has 6 heteroatoms. The van der Waals surface area contributed by atoms with Crippen LogP contribution in [0.1, 0.15) is 25.5 Å². The van der Waals surface area contributed by atoms with Gasteiger partial charge in [0.2, 0.25) is 0 Å². The summed E-state index contributed by atoms with van der Waals surface area (Å²) in [6, 6.07) is 3.69. The standard InChI is InChI=1S/C12H11BrIN3O/c1-6(2)10-9(14)12(18)17-11(16-10)8-4-3-7(13)5-15-8/h3-6H,1-2H3,(H,16,17,18). The molecule has 0 fully saturated rings. The summed E-state index contributed by atoms with van der Waals surface area (Å²) in [5.41, 5.74) is 1.35. The van der Waals surface area contributed by atoms with Crippen LogP contribution in [0, 0.1) is 3.57 Å². The molecule has 0 radical (unpaired) electrons. The van der Waals surface area contributed by atoms with Crippen LogP contribution in [0.15, 0.2) is 27.6 Å². The lowest BCUT2D eigenvalue weighted by atomic mass is 10.1. The van der Waals surface area contributed by atoms with Gasteiger partial charge in [0.15, 0.2) is 5.82 Å².